The Balaban J connectivity index is 1.56. The second-order valence-electron chi connectivity index (χ2n) is 7.26. The second-order valence-corrected chi connectivity index (χ2v) is 7.26. The summed E-state index contributed by atoms with van der Waals surface area (Å²) in [6.07, 6.45) is -1.57. The molecule has 0 unspecified atom stereocenters. The van der Waals surface area contributed by atoms with Gasteiger partial charge in [0.15, 0.2) is 0 Å². The molecule has 2 aromatic rings. The van der Waals surface area contributed by atoms with Gasteiger partial charge in [-0.15, -0.1) is 0 Å². The van der Waals surface area contributed by atoms with E-state index in [2.05, 4.69) is 0 Å². The number of hydrogen-bond acceptors (Lipinski definition) is 5. The molecule has 0 fully saturated rings. The minimum absolute atomic E-state index is 0.0881. The third-order valence-electron chi connectivity index (χ3n) is 5.15. The van der Waals surface area contributed by atoms with E-state index < -0.39 is 49.5 Å². The lowest BCUT2D eigenvalue weighted by atomic mass is 9.98. The van der Waals surface area contributed by atoms with Crippen molar-refractivity contribution in [1.82, 2.24) is 10.6 Å². The molecule has 0 spiro atoms. The minimum Gasteiger partial charge on any atom is -0.480 e. The van der Waals surface area contributed by atoms with Gasteiger partial charge in [-0.1, -0.05) is 48.5 Å². The minimum atomic E-state index is -4.07. The first kappa shape index (κ1) is 23.1. The first-order valence-electron chi connectivity index (χ1n) is 9.86. The van der Waals surface area contributed by atoms with Crippen molar-refractivity contribution in [2.75, 3.05) is 19.8 Å². The number of carboxylic acid groups (broad SMARTS) is 1. The van der Waals surface area contributed by atoms with E-state index in [1.165, 1.54) is 0 Å². The van der Waals surface area contributed by atoms with Crippen LogP contribution in [0, 0.1) is 0 Å². The van der Waals surface area contributed by atoms with Gasteiger partial charge in [0.05, 0.1) is 6.54 Å². The number of carboxylic acids is 1. The molecule has 1 aliphatic rings. The average Bonchev–Trinajstić information content (AvgIpc) is 3.09. The highest BCUT2D eigenvalue weighted by Gasteiger charge is 2.41. The number of carbonyl (C=O) groups is 3. The molecule has 0 aliphatic heterocycles. The Labute approximate surface area is 182 Å². The fourth-order valence-electron chi connectivity index (χ4n) is 3.56. The predicted molar refractivity (Wildman–Crippen MR) is 109 cm³/mol. The number of alkyl halides is 2. The van der Waals surface area contributed by atoms with E-state index in [0.717, 1.165) is 22.3 Å². The Kier molecular flexibility index (Phi) is 7.04. The van der Waals surface area contributed by atoms with Crippen molar-refractivity contribution in [3.05, 3.63) is 59.7 Å². The molecular weight excluding hydrogens is 426 g/mol. The van der Waals surface area contributed by atoms with Crippen molar-refractivity contribution in [2.45, 2.75) is 24.3 Å². The molecule has 0 heterocycles. The van der Waals surface area contributed by atoms with E-state index in [0.29, 0.717) is 0 Å². The highest BCUT2D eigenvalue weighted by molar-refractivity contribution is 5.88. The summed E-state index contributed by atoms with van der Waals surface area (Å²) in [4.78, 5) is 34.7. The molecule has 3 rings (SSSR count). The standard InChI is InChI=1S/C22H22F2N2O6/c23-22(24,20(30)26-18(9-10-27)19(28)29)12-25-21(31)32-11-17-15-7-3-1-5-13(15)14-6-2-4-8-16(14)17/h1-8,17-18,27H,9-12H2,(H,25,31)(H,26,30)(H,28,29)/t18-/m0/s1. The van der Waals surface area contributed by atoms with Crippen molar-refractivity contribution < 1.29 is 38.1 Å². The quantitative estimate of drug-likeness (QED) is 0.466. The number of hydrogen-bond donors (Lipinski definition) is 4. The van der Waals surface area contributed by atoms with Crippen LogP contribution in [0.4, 0.5) is 13.6 Å². The van der Waals surface area contributed by atoms with E-state index in [4.69, 9.17) is 14.9 Å². The summed E-state index contributed by atoms with van der Waals surface area (Å²) >= 11 is 0. The number of aliphatic carboxylic acids is 1. The molecule has 4 N–H and O–H groups in total. The maximum Gasteiger partial charge on any atom is 0.407 e. The predicted octanol–water partition coefficient (Wildman–Crippen LogP) is 2.11. The fraction of sp³-hybridized carbons (Fsp3) is 0.318. The van der Waals surface area contributed by atoms with Crippen LogP contribution in [0.2, 0.25) is 0 Å². The Bertz CT molecular complexity index is 968. The van der Waals surface area contributed by atoms with Gasteiger partial charge in [-0.3, -0.25) is 4.79 Å². The van der Waals surface area contributed by atoms with E-state index in [1.807, 2.05) is 53.8 Å². The van der Waals surface area contributed by atoms with E-state index in [-0.39, 0.29) is 12.5 Å². The molecule has 0 saturated carbocycles. The monoisotopic (exact) mass is 448 g/mol. The molecule has 2 amide bonds. The van der Waals surface area contributed by atoms with Gasteiger partial charge in [0.25, 0.3) is 5.91 Å². The SMILES string of the molecule is O=C(NCC(F)(F)C(=O)N[C@@H](CCO)C(=O)O)OCC1c2ccccc2-c2ccccc21. The first-order chi connectivity index (χ1) is 15.2. The van der Waals surface area contributed by atoms with Gasteiger partial charge in [0.2, 0.25) is 0 Å². The van der Waals surface area contributed by atoms with Gasteiger partial charge < -0.3 is 25.6 Å². The van der Waals surface area contributed by atoms with Crippen molar-refractivity contribution in [3.8, 4) is 11.1 Å². The molecule has 8 nitrogen and oxygen atoms in total. The van der Waals surface area contributed by atoms with Crippen LogP contribution in [-0.2, 0) is 14.3 Å². The third-order valence-corrected chi connectivity index (χ3v) is 5.15. The van der Waals surface area contributed by atoms with E-state index in [1.54, 1.807) is 5.32 Å². The smallest absolute Gasteiger partial charge is 0.407 e. The zero-order valence-corrected chi connectivity index (χ0v) is 16.9. The summed E-state index contributed by atoms with van der Waals surface area (Å²) in [5, 5.41) is 21.1. The Morgan fingerprint density at radius 3 is 2.12 bits per heavy atom. The highest BCUT2D eigenvalue weighted by atomic mass is 19.3. The van der Waals surface area contributed by atoms with Crippen LogP contribution < -0.4 is 10.6 Å². The number of benzene rings is 2. The third kappa shape index (κ3) is 5.02. The number of aliphatic hydroxyl groups is 1. The fourth-order valence-corrected chi connectivity index (χ4v) is 3.56. The molecule has 0 bridgehead atoms. The molecule has 1 aliphatic carbocycles. The summed E-state index contributed by atoms with van der Waals surface area (Å²) in [5.74, 6) is -7.77. The van der Waals surface area contributed by atoms with Crippen molar-refractivity contribution >= 4 is 18.0 Å². The zero-order valence-electron chi connectivity index (χ0n) is 16.9. The number of amides is 2. The average molecular weight is 448 g/mol. The Morgan fingerprint density at radius 2 is 1.59 bits per heavy atom. The van der Waals surface area contributed by atoms with Crippen molar-refractivity contribution in [1.29, 1.82) is 0 Å². The summed E-state index contributed by atoms with van der Waals surface area (Å²) < 4.78 is 33.2. The Morgan fingerprint density at radius 1 is 1.03 bits per heavy atom. The van der Waals surface area contributed by atoms with E-state index >= 15 is 0 Å². The largest absolute Gasteiger partial charge is 0.480 e. The van der Waals surface area contributed by atoms with Crippen molar-refractivity contribution in [3.63, 3.8) is 0 Å². The number of nitrogens with one attached hydrogen (secondary N) is 2. The lowest BCUT2D eigenvalue weighted by Crippen LogP contribution is -2.53. The van der Waals surface area contributed by atoms with Crippen LogP contribution in [0.25, 0.3) is 11.1 Å². The zero-order chi connectivity index (χ0) is 23.3. The molecule has 32 heavy (non-hydrogen) atoms. The number of carbonyl (C=O) groups excluding carboxylic acids is 2. The molecule has 10 heteroatoms. The lowest BCUT2D eigenvalue weighted by molar-refractivity contribution is -0.150. The molecule has 1 atom stereocenters. The summed E-state index contributed by atoms with van der Waals surface area (Å²) in [7, 11) is 0. The number of fused-ring (bicyclic) bond motifs is 3. The molecule has 170 valence electrons. The number of ether oxygens (including phenoxy) is 1. The van der Waals surface area contributed by atoms with Gasteiger partial charge in [-0.2, -0.15) is 8.78 Å². The summed E-state index contributed by atoms with van der Waals surface area (Å²) in [6.45, 7) is -2.07. The lowest BCUT2D eigenvalue weighted by Gasteiger charge is -2.20. The molecule has 0 saturated heterocycles. The number of alkyl carbamates (subject to hydrolysis) is 1. The van der Waals surface area contributed by atoms with Crippen LogP contribution in [0.5, 0.6) is 0 Å². The maximum absolute atomic E-state index is 14.0. The number of aliphatic hydroxyl groups excluding tert-OH is 1. The summed E-state index contributed by atoms with van der Waals surface area (Å²) in [6, 6.07) is 13.6. The highest BCUT2D eigenvalue weighted by Crippen LogP contribution is 2.44. The van der Waals surface area contributed by atoms with Crippen LogP contribution >= 0.6 is 0 Å². The normalized spacial score (nSPS) is 13.6. The number of rotatable bonds is 9. The Hall–Kier alpha value is -3.53. The number of halogens is 2. The van der Waals surface area contributed by atoms with Crippen LogP contribution in [0.15, 0.2) is 48.5 Å². The van der Waals surface area contributed by atoms with Gasteiger partial charge in [-0.25, -0.2) is 9.59 Å². The summed E-state index contributed by atoms with van der Waals surface area (Å²) in [5.41, 5.74) is 3.93. The van der Waals surface area contributed by atoms with Gasteiger partial charge in [-0.05, 0) is 22.3 Å². The van der Waals surface area contributed by atoms with Gasteiger partial charge >= 0.3 is 18.0 Å². The van der Waals surface area contributed by atoms with Crippen molar-refractivity contribution in [2.24, 2.45) is 0 Å². The molecule has 2 aromatic carbocycles. The van der Waals surface area contributed by atoms with Crippen LogP contribution in [0.1, 0.15) is 23.5 Å². The van der Waals surface area contributed by atoms with Gasteiger partial charge in [0.1, 0.15) is 12.6 Å². The molecule has 0 aromatic heterocycles. The van der Waals surface area contributed by atoms with E-state index in [9.17, 15) is 23.2 Å². The van der Waals surface area contributed by atoms with Gasteiger partial charge in [0, 0.05) is 18.9 Å². The second kappa shape index (κ2) is 9.73. The van der Waals surface area contributed by atoms with Crippen LogP contribution in [-0.4, -0.2) is 59.9 Å². The maximum atomic E-state index is 14.0. The molecule has 0 radical (unpaired) electrons. The van der Waals surface area contributed by atoms with Crippen LogP contribution in [0.3, 0.4) is 0 Å². The topological polar surface area (TPSA) is 125 Å². The molecular formula is C22H22F2N2O6. The first-order valence-corrected chi connectivity index (χ1v) is 9.86.